The van der Waals surface area contributed by atoms with Crippen LogP contribution >= 0.6 is 0 Å². The molecule has 0 aromatic heterocycles. The van der Waals surface area contributed by atoms with E-state index in [-0.39, 0.29) is 0 Å². The molecule has 0 radical (unpaired) electrons. The van der Waals surface area contributed by atoms with E-state index in [1.807, 2.05) is 13.8 Å². The minimum atomic E-state index is 0.412. The highest BCUT2D eigenvalue weighted by atomic mass is 15.1. The molecule has 0 saturated carbocycles. The molecule has 0 saturated heterocycles. The Morgan fingerprint density at radius 2 is 1.56 bits per heavy atom. The van der Waals surface area contributed by atoms with Crippen LogP contribution in [0.5, 0.6) is 0 Å². The Hall–Kier alpha value is -0.460. The number of nitrogens with zero attached hydrogens (tertiary/aromatic N) is 1. The van der Waals surface area contributed by atoms with Gasteiger partial charge in [-0.05, 0) is 18.4 Å². The SMILES string of the molecule is CC.CCCC1=C(CCC)C(C)(C)CN1C. The van der Waals surface area contributed by atoms with Crippen molar-refractivity contribution in [2.45, 2.75) is 67.2 Å². The van der Waals surface area contributed by atoms with Gasteiger partial charge in [0.2, 0.25) is 0 Å². The lowest BCUT2D eigenvalue weighted by Crippen LogP contribution is -2.22. The molecule has 1 aliphatic rings. The van der Waals surface area contributed by atoms with Crippen LogP contribution in [0, 0.1) is 5.41 Å². The zero-order chi connectivity index (χ0) is 12.8. The summed E-state index contributed by atoms with van der Waals surface area (Å²) >= 11 is 0. The maximum atomic E-state index is 2.47. The summed E-state index contributed by atoms with van der Waals surface area (Å²) in [6.45, 7) is 14.5. The molecule has 0 aliphatic carbocycles. The van der Waals surface area contributed by atoms with Crippen LogP contribution < -0.4 is 0 Å². The molecule has 0 aromatic rings. The summed E-state index contributed by atoms with van der Waals surface area (Å²) in [5.74, 6) is 0. The van der Waals surface area contributed by atoms with Gasteiger partial charge in [-0.25, -0.2) is 0 Å². The van der Waals surface area contributed by atoms with E-state index >= 15 is 0 Å². The fourth-order valence-corrected chi connectivity index (χ4v) is 2.72. The van der Waals surface area contributed by atoms with Crippen LogP contribution in [0.4, 0.5) is 0 Å². The van der Waals surface area contributed by atoms with Gasteiger partial charge in [-0.1, -0.05) is 54.4 Å². The predicted octanol–water partition coefficient (Wildman–Crippen LogP) is 4.84. The third kappa shape index (κ3) is 3.54. The first-order valence-corrected chi connectivity index (χ1v) is 6.96. The molecule has 0 unspecified atom stereocenters. The Bertz CT molecular complexity index is 226. The summed E-state index contributed by atoms with van der Waals surface area (Å²) < 4.78 is 0. The van der Waals surface area contributed by atoms with Gasteiger partial charge in [0.15, 0.2) is 0 Å². The van der Waals surface area contributed by atoms with E-state index in [1.54, 1.807) is 11.3 Å². The molecule has 0 bridgehead atoms. The molecule has 0 amide bonds. The lowest BCUT2D eigenvalue weighted by Gasteiger charge is -2.22. The van der Waals surface area contributed by atoms with Crippen molar-refractivity contribution in [2.24, 2.45) is 5.41 Å². The van der Waals surface area contributed by atoms with Gasteiger partial charge in [0.1, 0.15) is 0 Å². The van der Waals surface area contributed by atoms with E-state index in [2.05, 4.69) is 39.6 Å². The zero-order valence-corrected chi connectivity index (χ0v) is 12.5. The topological polar surface area (TPSA) is 3.24 Å². The van der Waals surface area contributed by atoms with Gasteiger partial charge in [0.05, 0.1) is 0 Å². The summed E-state index contributed by atoms with van der Waals surface area (Å²) in [6.07, 6.45) is 5.09. The summed E-state index contributed by atoms with van der Waals surface area (Å²) in [7, 11) is 2.25. The number of hydrogen-bond acceptors (Lipinski definition) is 1. The van der Waals surface area contributed by atoms with Crippen molar-refractivity contribution in [3.05, 3.63) is 11.3 Å². The van der Waals surface area contributed by atoms with Crippen molar-refractivity contribution in [1.29, 1.82) is 0 Å². The van der Waals surface area contributed by atoms with Gasteiger partial charge in [0.25, 0.3) is 0 Å². The van der Waals surface area contributed by atoms with Crippen molar-refractivity contribution in [3.63, 3.8) is 0 Å². The number of hydrogen-bond donors (Lipinski definition) is 0. The average molecular weight is 225 g/mol. The molecule has 0 N–H and O–H groups in total. The largest absolute Gasteiger partial charge is 0.377 e. The summed E-state index contributed by atoms with van der Waals surface area (Å²) in [5.41, 5.74) is 3.75. The zero-order valence-electron chi connectivity index (χ0n) is 12.5. The lowest BCUT2D eigenvalue weighted by atomic mass is 9.83. The first kappa shape index (κ1) is 15.5. The maximum absolute atomic E-state index is 2.47. The Morgan fingerprint density at radius 1 is 1.06 bits per heavy atom. The molecular formula is C15H31N. The van der Waals surface area contributed by atoms with Crippen LogP contribution in [0.2, 0.25) is 0 Å². The Labute approximate surface area is 103 Å². The van der Waals surface area contributed by atoms with Crippen molar-refractivity contribution < 1.29 is 0 Å². The van der Waals surface area contributed by atoms with Gasteiger partial charge < -0.3 is 4.90 Å². The first-order valence-electron chi connectivity index (χ1n) is 6.96. The predicted molar refractivity (Wildman–Crippen MR) is 74.6 cm³/mol. The summed E-state index contributed by atoms with van der Waals surface area (Å²) in [5, 5.41) is 0. The minimum Gasteiger partial charge on any atom is -0.377 e. The van der Waals surface area contributed by atoms with E-state index in [9.17, 15) is 0 Å². The van der Waals surface area contributed by atoms with Crippen LogP contribution in [0.1, 0.15) is 67.2 Å². The van der Waals surface area contributed by atoms with E-state index in [0.717, 1.165) is 0 Å². The third-order valence-electron chi connectivity index (χ3n) is 3.25. The van der Waals surface area contributed by atoms with E-state index < -0.39 is 0 Å². The van der Waals surface area contributed by atoms with Gasteiger partial charge >= 0.3 is 0 Å². The maximum Gasteiger partial charge on any atom is 0.0261 e. The Balaban J connectivity index is 0.00000106. The van der Waals surface area contributed by atoms with Crippen molar-refractivity contribution in [3.8, 4) is 0 Å². The smallest absolute Gasteiger partial charge is 0.0261 e. The van der Waals surface area contributed by atoms with Crippen molar-refractivity contribution >= 4 is 0 Å². The average Bonchev–Trinajstić information content (AvgIpc) is 2.44. The van der Waals surface area contributed by atoms with E-state index in [4.69, 9.17) is 0 Å². The lowest BCUT2D eigenvalue weighted by molar-refractivity contribution is 0.333. The first-order chi connectivity index (χ1) is 7.53. The highest BCUT2D eigenvalue weighted by Gasteiger charge is 2.34. The van der Waals surface area contributed by atoms with E-state index in [0.29, 0.717) is 5.41 Å². The molecule has 1 heteroatoms. The summed E-state index contributed by atoms with van der Waals surface area (Å²) in [6, 6.07) is 0. The van der Waals surface area contributed by atoms with Crippen molar-refractivity contribution in [2.75, 3.05) is 13.6 Å². The standard InChI is InChI=1S/C13H25N.C2H6/c1-6-8-11-12(9-7-2)14(5)10-13(11,3)4;1-2/h6-10H2,1-5H3;1-2H3. The summed E-state index contributed by atoms with van der Waals surface area (Å²) in [4.78, 5) is 2.47. The molecule has 96 valence electrons. The fraction of sp³-hybridized carbons (Fsp3) is 0.867. The molecule has 1 aliphatic heterocycles. The molecule has 0 spiro atoms. The van der Waals surface area contributed by atoms with Crippen LogP contribution in [-0.2, 0) is 0 Å². The second-order valence-corrected chi connectivity index (χ2v) is 5.17. The molecule has 1 heterocycles. The molecule has 1 nitrogen and oxygen atoms in total. The van der Waals surface area contributed by atoms with Crippen LogP contribution in [-0.4, -0.2) is 18.5 Å². The van der Waals surface area contributed by atoms with Gasteiger partial charge in [-0.2, -0.15) is 0 Å². The molecule has 1 rings (SSSR count). The number of allylic oxidation sites excluding steroid dienone is 1. The van der Waals surface area contributed by atoms with Crippen molar-refractivity contribution in [1.82, 2.24) is 4.90 Å². The second kappa shape index (κ2) is 6.98. The van der Waals surface area contributed by atoms with E-state index in [1.165, 1.54) is 32.2 Å². The molecule has 16 heavy (non-hydrogen) atoms. The monoisotopic (exact) mass is 225 g/mol. The highest BCUT2D eigenvalue weighted by Crippen LogP contribution is 2.41. The fourth-order valence-electron chi connectivity index (χ4n) is 2.72. The number of rotatable bonds is 4. The molecular weight excluding hydrogens is 194 g/mol. The normalized spacial score (nSPS) is 18.6. The molecule has 0 fully saturated rings. The molecule has 0 atom stereocenters. The third-order valence-corrected chi connectivity index (χ3v) is 3.25. The van der Waals surface area contributed by atoms with Crippen LogP contribution in [0.3, 0.4) is 0 Å². The van der Waals surface area contributed by atoms with Crippen LogP contribution in [0.25, 0.3) is 0 Å². The molecule has 0 aromatic carbocycles. The Kier molecular flexibility index (Phi) is 6.78. The van der Waals surface area contributed by atoms with Crippen LogP contribution in [0.15, 0.2) is 11.3 Å². The quantitative estimate of drug-likeness (QED) is 0.662. The Morgan fingerprint density at radius 3 is 2.00 bits per heavy atom. The second-order valence-electron chi connectivity index (χ2n) is 5.17. The van der Waals surface area contributed by atoms with Gasteiger partial charge in [-0.15, -0.1) is 0 Å². The highest BCUT2D eigenvalue weighted by molar-refractivity contribution is 5.26. The van der Waals surface area contributed by atoms with Gasteiger partial charge in [0, 0.05) is 24.7 Å². The minimum absolute atomic E-state index is 0.412. The van der Waals surface area contributed by atoms with Gasteiger partial charge in [-0.3, -0.25) is 0 Å².